The van der Waals surface area contributed by atoms with Crippen molar-refractivity contribution in [1.82, 2.24) is 20.4 Å². The molecule has 1 fully saturated rings. The predicted molar refractivity (Wildman–Crippen MR) is 133 cm³/mol. The summed E-state index contributed by atoms with van der Waals surface area (Å²) in [5, 5.41) is 6.49. The highest BCUT2D eigenvalue weighted by molar-refractivity contribution is 14.0. The molecule has 11 heteroatoms. The molecular formula is C19H40IN5O4S. The lowest BCUT2D eigenvalue weighted by atomic mass is 10.2. The lowest BCUT2D eigenvalue weighted by molar-refractivity contribution is 0.0145. The van der Waals surface area contributed by atoms with Crippen molar-refractivity contribution in [3.05, 3.63) is 0 Å². The van der Waals surface area contributed by atoms with Crippen LogP contribution in [0.3, 0.4) is 0 Å². The second kappa shape index (κ2) is 13.6. The fraction of sp³-hybridized carbons (Fsp3) is 0.895. The number of halogens is 1. The number of carbonyl (C=O) groups excluding carboxylic acids is 1. The van der Waals surface area contributed by atoms with Gasteiger partial charge in [-0.15, -0.1) is 24.0 Å². The fourth-order valence-electron chi connectivity index (χ4n) is 2.88. The fourth-order valence-corrected chi connectivity index (χ4v) is 3.66. The number of nitrogens with one attached hydrogen (secondary N) is 2. The molecule has 1 amide bonds. The van der Waals surface area contributed by atoms with Gasteiger partial charge < -0.3 is 20.3 Å². The van der Waals surface area contributed by atoms with Crippen LogP contribution in [0.4, 0.5) is 4.79 Å². The first kappa shape index (κ1) is 29.2. The van der Waals surface area contributed by atoms with E-state index < -0.39 is 15.4 Å². The van der Waals surface area contributed by atoms with Crippen molar-refractivity contribution in [3.8, 4) is 0 Å². The maximum absolute atomic E-state index is 12.1. The Hall–Kier alpha value is -0.820. The molecule has 1 rings (SSSR count). The van der Waals surface area contributed by atoms with Crippen LogP contribution < -0.4 is 10.6 Å². The second-order valence-electron chi connectivity index (χ2n) is 8.63. The number of hydrogen-bond donors (Lipinski definition) is 2. The van der Waals surface area contributed by atoms with Gasteiger partial charge in [0.2, 0.25) is 0 Å². The van der Waals surface area contributed by atoms with Gasteiger partial charge in [0.25, 0.3) is 0 Å². The Kier molecular flexibility index (Phi) is 13.2. The average Bonchev–Trinajstić information content (AvgIpc) is 2.61. The topological polar surface area (TPSA) is 103 Å². The molecule has 9 nitrogen and oxygen atoms in total. The predicted octanol–water partition coefficient (Wildman–Crippen LogP) is 1.54. The van der Waals surface area contributed by atoms with Gasteiger partial charge in [-0.2, -0.15) is 0 Å². The summed E-state index contributed by atoms with van der Waals surface area (Å²) in [5.41, 5.74) is -0.464. The Morgan fingerprint density at radius 1 is 1.20 bits per heavy atom. The van der Waals surface area contributed by atoms with Gasteiger partial charge >= 0.3 is 6.09 Å². The molecule has 1 aliphatic heterocycles. The van der Waals surface area contributed by atoms with Crippen molar-refractivity contribution < 1.29 is 17.9 Å². The summed E-state index contributed by atoms with van der Waals surface area (Å²) in [6.45, 7) is 12.3. The van der Waals surface area contributed by atoms with Crippen molar-refractivity contribution in [2.75, 3.05) is 58.3 Å². The van der Waals surface area contributed by atoms with Crippen LogP contribution in [0.15, 0.2) is 4.99 Å². The molecule has 0 aliphatic carbocycles. The number of nitrogens with zero attached hydrogens (tertiary/aromatic N) is 3. The normalized spacial score (nSPS) is 17.1. The number of carbonyl (C=O) groups is 1. The van der Waals surface area contributed by atoms with Gasteiger partial charge in [-0.05, 0) is 47.1 Å². The molecule has 2 N–H and O–H groups in total. The van der Waals surface area contributed by atoms with Gasteiger partial charge in [0.15, 0.2) is 5.96 Å². The summed E-state index contributed by atoms with van der Waals surface area (Å²) >= 11 is 0. The molecule has 0 aromatic carbocycles. The van der Waals surface area contributed by atoms with Crippen molar-refractivity contribution in [3.63, 3.8) is 0 Å². The van der Waals surface area contributed by atoms with E-state index in [-0.39, 0.29) is 41.9 Å². The summed E-state index contributed by atoms with van der Waals surface area (Å²) in [7, 11) is -1.25. The SMILES string of the molecule is CN=C(NCCCN1CCN(C(=O)OC(C)(C)C)CC1)NC(C)CCS(C)(=O)=O.I. The maximum Gasteiger partial charge on any atom is 0.410 e. The molecular weight excluding hydrogens is 521 g/mol. The lowest BCUT2D eigenvalue weighted by Gasteiger charge is -2.35. The van der Waals surface area contributed by atoms with Gasteiger partial charge in [0.1, 0.15) is 15.4 Å². The van der Waals surface area contributed by atoms with Crippen LogP contribution in [-0.4, -0.2) is 100 Å². The zero-order valence-corrected chi connectivity index (χ0v) is 22.4. The lowest BCUT2D eigenvalue weighted by Crippen LogP contribution is -2.50. The third-order valence-electron chi connectivity index (χ3n) is 4.50. The molecule has 0 aromatic heterocycles. The minimum absolute atomic E-state index is 0. The van der Waals surface area contributed by atoms with Crippen LogP contribution in [0.1, 0.15) is 40.5 Å². The number of aliphatic imine (C=N–C) groups is 1. The summed E-state index contributed by atoms with van der Waals surface area (Å²) in [4.78, 5) is 20.4. The molecule has 1 heterocycles. The van der Waals surface area contributed by atoms with Crippen LogP contribution in [0, 0.1) is 0 Å². The van der Waals surface area contributed by atoms with E-state index in [2.05, 4.69) is 20.5 Å². The van der Waals surface area contributed by atoms with E-state index in [0.29, 0.717) is 25.5 Å². The number of ether oxygens (including phenoxy) is 1. The van der Waals surface area contributed by atoms with Crippen LogP contribution in [0.25, 0.3) is 0 Å². The Balaban J connectivity index is 0.00000841. The zero-order valence-electron chi connectivity index (χ0n) is 19.2. The zero-order chi connectivity index (χ0) is 22.1. The minimum Gasteiger partial charge on any atom is -0.444 e. The van der Waals surface area contributed by atoms with E-state index >= 15 is 0 Å². The average molecular weight is 562 g/mol. The maximum atomic E-state index is 12.1. The van der Waals surface area contributed by atoms with E-state index in [0.717, 1.165) is 32.6 Å². The number of piperazine rings is 1. The van der Waals surface area contributed by atoms with E-state index in [1.165, 1.54) is 6.26 Å². The Bertz CT molecular complexity index is 644. The first-order valence-corrected chi connectivity index (χ1v) is 12.3. The summed E-state index contributed by atoms with van der Waals surface area (Å²) < 4.78 is 27.9. The van der Waals surface area contributed by atoms with Crippen molar-refractivity contribution in [2.45, 2.75) is 52.2 Å². The first-order valence-electron chi connectivity index (χ1n) is 10.2. The van der Waals surface area contributed by atoms with E-state index in [1.807, 2.05) is 27.7 Å². The van der Waals surface area contributed by atoms with E-state index in [1.54, 1.807) is 11.9 Å². The summed E-state index contributed by atoms with van der Waals surface area (Å²) in [6.07, 6.45) is 2.51. The highest BCUT2D eigenvalue weighted by Gasteiger charge is 2.25. The number of hydrogen-bond acceptors (Lipinski definition) is 6. The number of guanidine groups is 1. The van der Waals surface area contributed by atoms with Crippen LogP contribution in [0.2, 0.25) is 0 Å². The smallest absolute Gasteiger partial charge is 0.410 e. The molecule has 0 aromatic rings. The van der Waals surface area contributed by atoms with E-state index in [4.69, 9.17) is 4.74 Å². The molecule has 1 atom stereocenters. The van der Waals surface area contributed by atoms with Crippen LogP contribution >= 0.6 is 24.0 Å². The Morgan fingerprint density at radius 3 is 2.30 bits per heavy atom. The molecule has 0 bridgehead atoms. The van der Waals surface area contributed by atoms with Crippen molar-refractivity contribution >= 4 is 45.9 Å². The van der Waals surface area contributed by atoms with Crippen LogP contribution in [-0.2, 0) is 14.6 Å². The number of sulfone groups is 1. The quantitative estimate of drug-likeness (QED) is 0.201. The summed E-state index contributed by atoms with van der Waals surface area (Å²) in [6, 6.07) is 0.0249. The second-order valence-corrected chi connectivity index (χ2v) is 10.9. The Morgan fingerprint density at radius 2 is 1.80 bits per heavy atom. The van der Waals surface area contributed by atoms with Gasteiger partial charge in [0, 0.05) is 52.1 Å². The minimum atomic E-state index is -2.95. The largest absolute Gasteiger partial charge is 0.444 e. The third kappa shape index (κ3) is 13.5. The highest BCUT2D eigenvalue weighted by atomic mass is 127. The molecule has 0 spiro atoms. The Labute approximate surface area is 199 Å². The highest BCUT2D eigenvalue weighted by Crippen LogP contribution is 2.11. The third-order valence-corrected chi connectivity index (χ3v) is 5.47. The molecule has 0 radical (unpaired) electrons. The molecule has 0 saturated carbocycles. The molecule has 1 unspecified atom stereocenters. The number of amides is 1. The van der Waals surface area contributed by atoms with Gasteiger partial charge in [-0.1, -0.05) is 0 Å². The van der Waals surface area contributed by atoms with Crippen molar-refractivity contribution in [1.29, 1.82) is 0 Å². The monoisotopic (exact) mass is 561 g/mol. The first-order chi connectivity index (χ1) is 13.4. The van der Waals surface area contributed by atoms with E-state index in [9.17, 15) is 13.2 Å². The van der Waals surface area contributed by atoms with Gasteiger partial charge in [0.05, 0.1) is 5.75 Å². The van der Waals surface area contributed by atoms with Gasteiger partial charge in [-0.25, -0.2) is 13.2 Å². The molecule has 1 aliphatic rings. The molecule has 1 saturated heterocycles. The standard InChI is InChI=1S/C19H39N5O4S.HI/c1-16(8-15-29(6,26)27)22-17(20-5)21-9-7-10-23-11-13-24(14-12-23)18(25)28-19(2,3)4;/h16H,7-15H2,1-6H3,(H2,20,21,22);1H. The summed E-state index contributed by atoms with van der Waals surface area (Å²) in [5.74, 6) is 0.841. The molecule has 178 valence electrons. The van der Waals surface area contributed by atoms with Crippen molar-refractivity contribution in [2.24, 2.45) is 4.99 Å². The van der Waals surface area contributed by atoms with Gasteiger partial charge in [-0.3, -0.25) is 9.89 Å². The number of rotatable bonds is 8. The van der Waals surface area contributed by atoms with Crippen LogP contribution in [0.5, 0.6) is 0 Å². The molecule has 30 heavy (non-hydrogen) atoms.